The number of carbonyl (C=O) groups excluding carboxylic acids is 1. The number of aromatic hydroxyl groups is 1. The maximum Gasteiger partial charge on any atom is 0.337 e. The summed E-state index contributed by atoms with van der Waals surface area (Å²) in [5.74, 6) is -1.76. The molecule has 0 bridgehead atoms. The SMILES string of the molecule is Cc1cccc(C)c1C(=O)Nc1ccc(O)cc1C(=O)O. The van der Waals surface area contributed by atoms with Crippen molar-refractivity contribution in [2.24, 2.45) is 0 Å². The Kier molecular flexibility index (Phi) is 3.93. The molecule has 108 valence electrons. The molecule has 3 N–H and O–H groups in total. The van der Waals surface area contributed by atoms with Crippen LogP contribution < -0.4 is 5.32 Å². The Bertz CT molecular complexity index is 702. The Morgan fingerprint density at radius 1 is 1.05 bits per heavy atom. The van der Waals surface area contributed by atoms with Gasteiger partial charge in [-0.05, 0) is 43.2 Å². The first-order chi connectivity index (χ1) is 9.90. The van der Waals surface area contributed by atoms with Crippen LogP contribution in [0, 0.1) is 13.8 Å². The minimum Gasteiger partial charge on any atom is -0.508 e. The average molecular weight is 285 g/mol. The Labute approximate surface area is 121 Å². The number of amides is 1. The first-order valence-electron chi connectivity index (χ1n) is 6.34. The zero-order chi connectivity index (χ0) is 15.6. The molecule has 2 rings (SSSR count). The van der Waals surface area contributed by atoms with Gasteiger partial charge >= 0.3 is 5.97 Å². The normalized spacial score (nSPS) is 10.2. The standard InChI is InChI=1S/C16H15NO4/c1-9-4-3-5-10(2)14(9)15(19)17-13-7-6-11(18)8-12(13)16(20)21/h3-8,18H,1-2H3,(H,17,19)(H,20,21). The van der Waals surface area contributed by atoms with Gasteiger partial charge in [0.1, 0.15) is 5.75 Å². The fourth-order valence-corrected chi connectivity index (χ4v) is 2.18. The maximum atomic E-state index is 12.3. The van der Waals surface area contributed by atoms with Crippen LogP contribution >= 0.6 is 0 Å². The van der Waals surface area contributed by atoms with Crippen LogP contribution in [0.2, 0.25) is 0 Å². The zero-order valence-electron chi connectivity index (χ0n) is 11.7. The quantitative estimate of drug-likeness (QED) is 0.757. The van der Waals surface area contributed by atoms with Gasteiger partial charge in [-0.3, -0.25) is 4.79 Å². The second kappa shape index (κ2) is 5.66. The molecule has 2 aromatic rings. The van der Waals surface area contributed by atoms with Crippen LogP contribution in [0.25, 0.3) is 0 Å². The summed E-state index contributed by atoms with van der Waals surface area (Å²) in [4.78, 5) is 23.5. The van der Waals surface area contributed by atoms with Gasteiger partial charge in [-0.2, -0.15) is 0 Å². The molecule has 21 heavy (non-hydrogen) atoms. The van der Waals surface area contributed by atoms with Crippen molar-refractivity contribution in [3.8, 4) is 5.75 Å². The Morgan fingerprint density at radius 3 is 2.24 bits per heavy atom. The van der Waals surface area contributed by atoms with Gasteiger partial charge in [-0.15, -0.1) is 0 Å². The van der Waals surface area contributed by atoms with Crippen LogP contribution in [-0.2, 0) is 0 Å². The first-order valence-corrected chi connectivity index (χ1v) is 6.34. The van der Waals surface area contributed by atoms with Gasteiger partial charge in [0.2, 0.25) is 0 Å². The topological polar surface area (TPSA) is 86.6 Å². The fraction of sp³-hybridized carbons (Fsp3) is 0.125. The number of carboxylic acid groups (broad SMARTS) is 1. The van der Waals surface area contributed by atoms with Crippen LogP contribution in [0.1, 0.15) is 31.8 Å². The van der Waals surface area contributed by atoms with Gasteiger partial charge in [0.25, 0.3) is 5.91 Å². The van der Waals surface area contributed by atoms with E-state index in [2.05, 4.69) is 5.32 Å². The van der Waals surface area contributed by atoms with Crippen molar-refractivity contribution in [2.75, 3.05) is 5.32 Å². The molecule has 2 aromatic carbocycles. The average Bonchev–Trinajstić information content (AvgIpc) is 2.40. The van der Waals surface area contributed by atoms with Gasteiger partial charge in [-0.25, -0.2) is 4.79 Å². The van der Waals surface area contributed by atoms with Gasteiger partial charge in [-0.1, -0.05) is 18.2 Å². The molecule has 0 aliphatic heterocycles. The number of aryl methyl sites for hydroxylation is 2. The third-order valence-corrected chi connectivity index (χ3v) is 3.19. The first kappa shape index (κ1) is 14.6. The number of hydrogen-bond donors (Lipinski definition) is 3. The van der Waals surface area contributed by atoms with Crippen LogP contribution in [0.5, 0.6) is 5.75 Å². The number of phenolic OH excluding ortho intramolecular Hbond substituents is 1. The number of nitrogens with one attached hydrogen (secondary N) is 1. The van der Waals surface area contributed by atoms with Crippen molar-refractivity contribution >= 4 is 17.6 Å². The van der Waals surface area contributed by atoms with E-state index in [9.17, 15) is 14.7 Å². The van der Waals surface area contributed by atoms with Crippen LogP contribution in [0.4, 0.5) is 5.69 Å². The third-order valence-electron chi connectivity index (χ3n) is 3.19. The number of anilines is 1. The lowest BCUT2D eigenvalue weighted by atomic mass is 10.0. The molecule has 1 amide bonds. The van der Waals surface area contributed by atoms with Crippen molar-refractivity contribution in [1.82, 2.24) is 0 Å². The molecule has 0 unspecified atom stereocenters. The number of phenols is 1. The number of carbonyl (C=O) groups is 2. The number of benzene rings is 2. The lowest BCUT2D eigenvalue weighted by Crippen LogP contribution is -2.17. The van der Waals surface area contributed by atoms with E-state index in [1.807, 2.05) is 32.0 Å². The lowest BCUT2D eigenvalue weighted by Gasteiger charge is -2.12. The second-order valence-corrected chi connectivity index (χ2v) is 4.76. The van der Waals surface area contributed by atoms with Crippen molar-refractivity contribution in [3.05, 3.63) is 58.7 Å². The van der Waals surface area contributed by atoms with Crippen LogP contribution in [-0.4, -0.2) is 22.1 Å². The van der Waals surface area contributed by atoms with Crippen LogP contribution in [0.15, 0.2) is 36.4 Å². The highest BCUT2D eigenvalue weighted by atomic mass is 16.4. The molecule has 5 heteroatoms. The summed E-state index contributed by atoms with van der Waals surface area (Å²) >= 11 is 0. The minimum atomic E-state index is -1.22. The molecule has 0 aromatic heterocycles. The van der Waals surface area contributed by atoms with Gasteiger partial charge < -0.3 is 15.5 Å². The number of rotatable bonds is 3. The maximum absolute atomic E-state index is 12.3. The molecule has 0 atom stereocenters. The summed E-state index contributed by atoms with van der Waals surface area (Å²) in [6.45, 7) is 3.63. The number of aromatic carboxylic acids is 1. The van der Waals surface area contributed by atoms with Crippen molar-refractivity contribution in [2.45, 2.75) is 13.8 Å². The van der Waals surface area contributed by atoms with Crippen molar-refractivity contribution in [1.29, 1.82) is 0 Å². The van der Waals surface area contributed by atoms with Gasteiger partial charge in [0, 0.05) is 5.56 Å². The second-order valence-electron chi connectivity index (χ2n) is 4.76. The predicted octanol–water partition coefficient (Wildman–Crippen LogP) is 2.96. The number of carboxylic acids is 1. The molecule has 5 nitrogen and oxygen atoms in total. The summed E-state index contributed by atoms with van der Waals surface area (Å²) in [5, 5.41) is 21.1. The Hall–Kier alpha value is -2.82. The molecule has 0 saturated heterocycles. The summed E-state index contributed by atoms with van der Waals surface area (Å²) in [5.41, 5.74) is 2.12. The van der Waals surface area contributed by atoms with E-state index >= 15 is 0 Å². The highest BCUT2D eigenvalue weighted by Gasteiger charge is 2.16. The Morgan fingerprint density at radius 2 is 1.67 bits per heavy atom. The highest BCUT2D eigenvalue weighted by molar-refractivity contribution is 6.09. The molecular formula is C16H15NO4. The van der Waals surface area contributed by atoms with Crippen molar-refractivity contribution < 1.29 is 19.8 Å². The molecule has 0 aliphatic carbocycles. The van der Waals surface area contributed by atoms with Crippen LogP contribution in [0.3, 0.4) is 0 Å². The molecule has 0 aliphatic rings. The monoisotopic (exact) mass is 285 g/mol. The van der Waals surface area contributed by atoms with Crippen molar-refractivity contribution in [3.63, 3.8) is 0 Å². The van der Waals surface area contributed by atoms with E-state index in [1.54, 1.807) is 0 Å². The molecule has 0 saturated carbocycles. The summed E-state index contributed by atoms with van der Waals surface area (Å²) in [6, 6.07) is 9.28. The van der Waals surface area contributed by atoms with E-state index in [1.165, 1.54) is 12.1 Å². The van der Waals surface area contributed by atoms with Gasteiger partial charge in [0.05, 0.1) is 11.3 Å². The van der Waals surface area contributed by atoms with Gasteiger partial charge in [0.15, 0.2) is 0 Å². The smallest absolute Gasteiger partial charge is 0.337 e. The molecule has 0 heterocycles. The fourth-order valence-electron chi connectivity index (χ4n) is 2.18. The largest absolute Gasteiger partial charge is 0.508 e. The Balaban J connectivity index is 2.39. The summed E-state index contributed by atoms with van der Waals surface area (Å²) < 4.78 is 0. The number of hydrogen-bond acceptors (Lipinski definition) is 3. The molecule has 0 radical (unpaired) electrons. The predicted molar refractivity (Wildman–Crippen MR) is 78.9 cm³/mol. The third kappa shape index (κ3) is 3.02. The van der Waals surface area contributed by atoms with E-state index < -0.39 is 5.97 Å². The minimum absolute atomic E-state index is 0.146. The lowest BCUT2D eigenvalue weighted by molar-refractivity contribution is 0.0697. The summed E-state index contributed by atoms with van der Waals surface area (Å²) in [7, 11) is 0. The van der Waals surface area contributed by atoms with E-state index in [-0.39, 0.29) is 22.9 Å². The molecule has 0 fully saturated rings. The molecular weight excluding hydrogens is 270 g/mol. The zero-order valence-corrected chi connectivity index (χ0v) is 11.7. The summed E-state index contributed by atoms with van der Waals surface area (Å²) in [6.07, 6.45) is 0. The highest BCUT2D eigenvalue weighted by Crippen LogP contribution is 2.23. The van der Waals surface area contributed by atoms with E-state index in [0.717, 1.165) is 17.2 Å². The van der Waals surface area contributed by atoms with E-state index in [0.29, 0.717) is 5.56 Å². The van der Waals surface area contributed by atoms with E-state index in [4.69, 9.17) is 5.11 Å². The molecule has 0 spiro atoms.